The molecule has 0 aliphatic rings. The molecule has 1 atom stereocenters. The minimum atomic E-state index is -1.17. The quantitative estimate of drug-likeness (QED) is 0.462. The number of carbonyl (C=O) groups excluding carboxylic acids is 1. The molecule has 1 aromatic heterocycles. The van der Waals surface area contributed by atoms with Crippen LogP contribution in [0.4, 0.5) is 5.13 Å². The lowest BCUT2D eigenvalue weighted by Crippen LogP contribution is -2.15. The van der Waals surface area contributed by atoms with Gasteiger partial charge in [-0.3, -0.25) is 4.79 Å². The molecule has 0 saturated carbocycles. The molecule has 2 aromatic rings. The third-order valence-corrected chi connectivity index (χ3v) is 4.17. The SMILES string of the molecule is CCSc1nnc(N=NC(C#N)C(=O)c2ccccc2)s1. The average molecular weight is 317 g/mol. The van der Waals surface area contributed by atoms with Crippen molar-refractivity contribution < 1.29 is 4.79 Å². The van der Waals surface area contributed by atoms with E-state index in [-0.39, 0.29) is 5.78 Å². The van der Waals surface area contributed by atoms with Gasteiger partial charge in [-0.2, -0.15) is 10.4 Å². The molecule has 1 aromatic carbocycles. The van der Waals surface area contributed by atoms with Gasteiger partial charge in [0, 0.05) is 5.56 Å². The highest BCUT2D eigenvalue weighted by atomic mass is 32.2. The van der Waals surface area contributed by atoms with Crippen molar-refractivity contribution in [1.29, 1.82) is 5.26 Å². The molecular weight excluding hydrogens is 306 g/mol. The maximum absolute atomic E-state index is 12.1. The van der Waals surface area contributed by atoms with E-state index in [9.17, 15) is 4.79 Å². The predicted molar refractivity (Wildman–Crippen MR) is 81.0 cm³/mol. The van der Waals surface area contributed by atoms with Crippen LogP contribution in [0.2, 0.25) is 0 Å². The van der Waals surface area contributed by atoms with Gasteiger partial charge in [-0.15, -0.1) is 15.3 Å². The highest BCUT2D eigenvalue weighted by molar-refractivity contribution is 8.01. The highest BCUT2D eigenvalue weighted by Gasteiger charge is 2.19. The lowest BCUT2D eigenvalue weighted by molar-refractivity contribution is 0.0979. The molecule has 0 radical (unpaired) electrons. The molecule has 0 aliphatic carbocycles. The topological polar surface area (TPSA) is 91.4 Å². The first-order valence-corrected chi connectivity index (χ1v) is 7.91. The van der Waals surface area contributed by atoms with Crippen molar-refractivity contribution in [2.75, 3.05) is 5.75 Å². The van der Waals surface area contributed by atoms with Gasteiger partial charge < -0.3 is 0 Å². The van der Waals surface area contributed by atoms with E-state index in [4.69, 9.17) is 5.26 Å². The number of azo groups is 1. The van der Waals surface area contributed by atoms with Crippen LogP contribution in [0.15, 0.2) is 44.9 Å². The smallest absolute Gasteiger partial charge is 0.252 e. The number of hydrogen-bond acceptors (Lipinski definition) is 8. The number of carbonyl (C=O) groups is 1. The molecule has 2 rings (SSSR count). The first-order chi connectivity index (χ1) is 10.2. The van der Waals surface area contributed by atoms with Crippen LogP contribution in [0.5, 0.6) is 0 Å². The van der Waals surface area contributed by atoms with E-state index in [1.165, 1.54) is 11.3 Å². The van der Waals surface area contributed by atoms with Gasteiger partial charge in [0.05, 0.1) is 6.07 Å². The van der Waals surface area contributed by atoms with Crippen molar-refractivity contribution in [2.45, 2.75) is 17.3 Å². The van der Waals surface area contributed by atoms with E-state index in [1.807, 2.05) is 13.0 Å². The van der Waals surface area contributed by atoms with Crippen LogP contribution in [-0.2, 0) is 0 Å². The first-order valence-electron chi connectivity index (χ1n) is 6.10. The molecule has 0 fully saturated rings. The summed E-state index contributed by atoms with van der Waals surface area (Å²) in [5, 5.41) is 24.8. The van der Waals surface area contributed by atoms with Gasteiger partial charge in [0.1, 0.15) is 0 Å². The second-order valence-corrected chi connectivity index (χ2v) is 6.23. The van der Waals surface area contributed by atoms with E-state index in [0.29, 0.717) is 10.7 Å². The number of benzene rings is 1. The Morgan fingerprint density at radius 2 is 2.19 bits per heavy atom. The lowest BCUT2D eigenvalue weighted by atomic mass is 10.1. The third-order valence-electron chi connectivity index (χ3n) is 2.35. The van der Waals surface area contributed by atoms with Crippen LogP contribution in [0, 0.1) is 11.3 Å². The largest absolute Gasteiger partial charge is 0.290 e. The Balaban J connectivity index is 2.10. The molecule has 0 saturated heterocycles. The van der Waals surface area contributed by atoms with Gasteiger partial charge in [-0.1, -0.05) is 60.4 Å². The Kier molecular flexibility index (Phi) is 5.54. The lowest BCUT2D eigenvalue weighted by Gasteiger charge is -2.00. The van der Waals surface area contributed by atoms with E-state index < -0.39 is 6.04 Å². The molecule has 0 amide bonds. The van der Waals surface area contributed by atoms with Crippen LogP contribution in [0.3, 0.4) is 0 Å². The Morgan fingerprint density at radius 1 is 1.43 bits per heavy atom. The van der Waals surface area contributed by atoms with Gasteiger partial charge >= 0.3 is 0 Å². The number of Topliss-reactive ketones (excluding diaryl/α,β-unsaturated/α-hetero) is 1. The molecule has 1 heterocycles. The summed E-state index contributed by atoms with van der Waals surface area (Å²) in [5.74, 6) is 0.508. The van der Waals surface area contributed by atoms with Crippen molar-refractivity contribution in [3.63, 3.8) is 0 Å². The summed E-state index contributed by atoms with van der Waals surface area (Å²) in [6.45, 7) is 2.01. The molecule has 1 unspecified atom stereocenters. The number of rotatable bonds is 6. The van der Waals surface area contributed by atoms with E-state index in [0.717, 1.165) is 10.1 Å². The first kappa shape index (κ1) is 15.3. The Hall–Kier alpha value is -2.11. The molecular formula is C13H11N5OS2. The van der Waals surface area contributed by atoms with Crippen molar-refractivity contribution >= 4 is 34.0 Å². The Labute approximate surface area is 129 Å². The maximum Gasteiger partial charge on any atom is 0.252 e. The summed E-state index contributed by atoms with van der Waals surface area (Å²) in [5.41, 5.74) is 0.433. The summed E-state index contributed by atoms with van der Waals surface area (Å²) in [7, 11) is 0. The zero-order valence-electron chi connectivity index (χ0n) is 11.1. The van der Waals surface area contributed by atoms with Crippen molar-refractivity contribution in [3.05, 3.63) is 35.9 Å². The monoisotopic (exact) mass is 317 g/mol. The van der Waals surface area contributed by atoms with Gasteiger partial charge in [0.15, 0.2) is 4.34 Å². The fourth-order valence-corrected chi connectivity index (χ4v) is 2.99. The second kappa shape index (κ2) is 7.61. The van der Waals surface area contributed by atoms with Crippen molar-refractivity contribution in [3.8, 4) is 6.07 Å². The molecule has 8 heteroatoms. The van der Waals surface area contributed by atoms with Crippen molar-refractivity contribution in [2.24, 2.45) is 10.2 Å². The molecule has 0 aliphatic heterocycles. The van der Waals surface area contributed by atoms with Crippen LogP contribution < -0.4 is 0 Å². The van der Waals surface area contributed by atoms with Gasteiger partial charge in [0.25, 0.3) is 5.13 Å². The molecule has 21 heavy (non-hydrogen) atoms. The fourth-order valence-electron chi connectivity index (χ4n) is 1.43. The normalized spacial score (nSPS) is 12.2. The fraction of sp³-hybridized carbons (Fsp3) is 0.231. The maximum atomic E-state index is 12.1. The summed E-state index contributed by atoms with van der Waals surface area (Å²) in [6, 6.07) is 9.23. The molecule has 0 N–H and O–H groups in total. The number of hydrogen-bond donors (Lipinski definition) is 0. The number of nitriles is 1. The number of aromatic nitrogens is 2. The van der Waals surface area contributed by atoms with Crippen molar-refractivity contribution in [1.82, 2.24) is 10.2 Å². The molecule has 0 spiro atoms. The predicted octanol–water partition coefficient (Wildman–Crippen LogP) is 3.51. The van der Waals surface area contributed by atoms with Crippen LogP contribution in [0.25, 0.3) is 0 Å². The number of nitrogens with zero attached hydrogens (tertiary/aromatic N) is 5. The molecule has 106 valence electrons. The Bertz CT molecular complexity index is 677. The van der Waals surface area contributed by atoms with Gasteiger partial charge in [0.2, 0.25) is 11.8 Å². The summed E-state index contributed by atoms with van der Waals surface area (Å²) in [6.07, 6.45) is 0. The Morgan fingerprint density at radius 3 is 2.86 bits per heavy atom. The number of thioether (sulfide) groups is 1. The minimum Gasteiger partial charge on any atom is -0.290 e. The van der Waals surface area contributed by atoms with Crippen LogP contribution >= 0.6 is 23.1 Å². The summed E-state index contributed by atoms with van der Waals surface area (Å²) >= 11 is 2.83. The van der Waals surface area contributed by atoms with E-state index >= 15 is 0 Å². The zero-order chi connectivity index (χ0) is 15.1. The molecule has 6 nitrogen and oxygen atoms in total. The van der Waals surface area contributed by atoms with Crippen LogP contribution in [0.1, 0.15) is 17.3 Å². The number of ketones is 1. The van der Waals surface area contributed by atoms with Crippen LogP contribution in [-0.4, -0.2) is 27.8 Å². The zero-order valence-corrected chi connectivity index (χ0v) is 12.8. The third kappa shape index (κ3) is 4.18. The highest BCUT2D eigenvalue weighted by Crippen LogP contribution is 2.27. The average Bonchev–Trinajstić information content (AvgIpc) is 2.96. The summed E-state index contributed by atoms with van der Waals surface area (Å²) in [4.78, 5) is 12.1. The van der Waals surface area contributed by atoms with E-state index in [2.05, 4.69) is 20.4 Å². The standard InChI is InChI=1S/C13H11N5OS2/c1-2-20-13-18-17-12(21-13)16-15-10(8-14)11(19)9-6-4-3-5-7-9/h3-7,10H,2H2,1H3. The second-order valence-electron chi connectivity index (χ2n) is 3.76. The van der Waals surface area contributed by atoms with E-state index in [1.54, 1.807) is 42.1 Å². The minimum absolute atomic E-state index is 0.340. The summed E-state index contributed by atoms with van der Waals surface area (Å²) < 4.78 is 0.786. The van der Waals surface area contributed by atoms with Gasteiger partial charge in [-0.25, -0.2) is 0 Å². The molecule has 0 bridgehead atoms. The van der Waals surface area contributed by atoms with Gasteiger partial charge in [-0.05, 0) is 5.75 Å².